The number of nitrogens with zero attached hydrogens (tertiary/aromatic N) is 5. The van der Waals surface area contributed by atoms with Crippen LogP contribution in [0.4, 0.5) is 5.82 Å². The van der Waals surface area contributed by atoms with Gasteiger partial charge in [0, 0.05) is 49.9 Å². The van der Waals surface area contributed by atoms with Gasteiger partial charge in [-0.3, -0.25) is 4.98 Å². The molecule has 25 heavy (non-hydrogen) atoms. The second-order valence-electron chi connectivity index (χ2n) is 5.97. The zero-order valence-corrected chi connectivity index (χ0v) is 14.1. The maximum Gasteiger partial charge on any atom is 0.154 e. The van der Waals surface area contributed by atoms with Crippen molar-refractivity contribution < 1.29 is 0 Å². The standard InChI is InChI=1S/C20H19N5/c1-24(13-10-17-9-5-6-11-21-17)20-19-15-18(16-7-3-2-4-8-16)23-25(19)14-12-22-20/h2-9,11-12,14-15H,10,13H2,1H3. The Morgan fingerprint density at radius 1 is 0.960 bits per heavy atom. The summed E-state index contributed by atoms with van der Waals surface area (Å²) in [6.45, 7) is 0.843. The van der Waals surface area contributed by atoms with Crippen LogP contribution < -0.4 is 4.90 Å². The minimum atomic E-state index is 0.843. The summed E-state index contributed by atoms with van der Waals surface area (Å²) in [5.41, 5.74) is 4.14. The molecule has 0 amide bonds. The van der Waals surface area contributed by atoms with E-state index in [9.17, 15) is 0 Å². The number of fused-ring (bicyclic) bond motifs is 1. The first-order valence-electron chi connectivity index (χ1n) is 8.32. The van der Waals surface area contributed by atoms with Crippen molar-refractivity contribution in [3.63, 3.8) is 0 Å². The Kier molecular flexibility index (Phi) is 4.12. The van der Waals surface area contributed by atoms with Gasteiger partial charge in [0.1, 0.15) is 5.52 Å². The van der Waals surface area contributed by atoms with Crippen LogP contribution in [0.25, 0.3) is 16.8 Å². The number of pyridine rings is 1. The van der Waals surface area contributed by atoms with Crippen molar-refractivity contribution in [1.29, 1.82) is 0 Å². The molecule has 5 nitrogen and oxygen atoms in total. The molecule has 0 fully saturated rings. The topological polar surface area (TPSA) is 46.3 Å². The fourth-order valence-electron chi connectivity index (χ4n) is 2.89. The van der Waals surface area contributed by atoms with Gasteiger partial charge in [-0.15, -0.1) is 0 Å². The Morgan fingerprint density at radius 2 is 1.80 bits per heavy atom. The Hall–Kier alpha value is -3.21. The quantitative estimate of drug-likeness (QED) is 0.562. The van der Waals surface area contributed by atoms with E-state index in [1.54, 1.807) is 6.20 Å². The fraction of sp³-hybridized carbons (Fsp3) is 0.150. The molecule has 0 aliphatic heterocycles. The summed E-state index contributed by atoms with van der Waals surface area (Å²) in [4.78, 5) is 11.1. The molecule has 0 spiro atoms. The smallest absolute Gasteiger partial charge is 0.154 e. The molecular weight excluding hydrogens is 310 g/mol. The van der Waals surface area contributed by atoms with Crippen molar-refractivity contribution >= 4 is 11.3 Å². The van der Waals surface area contributed by atoms with Gasteiger partial charge >= 0.3 is 0 Å². The molecule has 5 heteroatoms. The van der Waals surface area contributed by atoms with E-state index in [1.807, 2.05) is 53.3 Å². The molecule has 3 heterocycles. The van der Waals surface area contributed by atoms with Gasteiger partial charge in [-0.1, -0.05) is 36.4 Å². The van der Waals surface area contributed by atoms with Crippen LogP contribution in [0.3, 0.4) is 0 Å². The van der Waals surface area contributed by atoms with Gasteiger partial charge in [0.2, 0.25) is 0 Å². The van der Waals surface area contributed by atoms with Crippen LogP contribution in [-0.4, -0.2) is 33.2 Å². The Morgan fingerprint density at radius 3 is 2.60 bits per heavy atom. The van der Waals surface area contributed by atoms with Gasteiger partial charge < -0.3 is 4.90 Å². The SMILES string of the molecule is CN(CCc1ccccn1)c1nccn2nc(-c3ccccc3)cc12. The summed E-state index contributed by atoms with van der Waals surface area (Å²) in [5.74, 6) is 0.924. The zero-order chi connectivity index (χ0) is 17.1. The molecule has 0 saturated heterocycles. The Balaban J connectivity index is 1.62. The number of rotatable bonds is 5. The predicted molar refractivity (Wildman–Crippen MR) is 99.6 cm³/mol. The molecular formula is C20H19N5. The molecule has 0 atom stereocenters. The van der Waals surface area contributed by atoms with Gasteiger partial charge in [-0.25, -0.2) is 9.50 Å². The fourth-order valence-corrected chi connectivity index (χ4v) is 2.89. The molecule has 3 aromatic heterocycles. The van der Waals surface area contributed by atoms with E-state index in [1.165, 1.54) is 0 Å². The summed E-state index contributed by atoms with van der Waals surface area (Å²) >= 11 is 0. The largest absolute Gasteiger partial charge is 0.358 e. The van der Waals surface area contributed by atoms with E-state index in [0.717, 1.165) is 41.3 Å². The van der Waals surface area contributed by atoms with Crippen LogP contribution in [0, 0.1) is 0 Å². The normalized spacial score (nSPS) is 10.9. The highest BCUT2D eigenvalue weighted by molar-refractivity contribution is 5.75. The van der Waals surface area contributed by atoms with Crippen molar-refractivity contribution in [2.75, 3.05) is 18.5 Å². The molecule has 0 aliphatic rings. The van der Waals surface area contributed by atoms with Gasteiger partial charge in [-0.05, 0) is 18.2 Å². The van der Waals surface area contributed by atoms with Crippen LogP contribution in [0.2, 0.25) is 0 Å². The monoisotopic (exact) mass is 329 g/mol. The average Bonchev–Trinajstić information content (AvgIpc) is 3.12. The van der Waals surface area contributed by atoms with E-state index >= 15 is 0 Å². The van der Waals surface area contributed by atoms with Crippen molar-refractivity contribution in [3.05, 3.63) is 78.9 Å². The maximum absolute atomic E-state index is 4.68. The third kappa shape index (κ3) is 3.21. The van der Waals surface area contributed by atoms with Gasteiger partial charge in [-0.2, -0.15) is 5.10 Å². The van der Waals surface area contributed by atoms with Crippen LogP contribution in [0.15, 0.2) is 73.2 Å². The van der Waals surface area contributed by atoms with E-state index in [0.29, 0.717) is 0 Å². The minimum absolute atomic E-state index is 0.843. The molecule has 4 aromatic rings. The first kappa shape index (κ1) is 15.3. The van der Waals surface area contributed by atoms with Gasteiger partial charge in [0.25, 0.3) is 0 Å². The lowest BCUT2D eigenvalue weighted by atomic mass is 10.1. The van der Waals surface area contributed by atoms with Crippen molar-refractivity contribution in [3.8, 4) is 11.3 Å². The number of benzene rings is 1. The predicted octanol–water partition coefficient (Wildman–Crippen LogP) is 3.47. The lowest BCUT2D eigenvalue weighted by Crippen LogP contribution is -2.22. The summed E-state index contributed by atoms with van der Waals surface area (Å²) < 4.78 is 1.89. The summed E-state index contributed by atoms with van der Waals surface area (Å²) in [5, 5.41) is 4.68. The second-order valence-corrected chi connectivity index (χ2v) is 5.97. The number of aromatic nitrogens is 4. The van der Waals surface area contributed by atoms with Crippen molar-refractivity contribution in [2.45, 2.75) is 6.42 Å². The summed E-state index contributed by atoms with van der Waals surface area (Å²) in [6.07, 6.45) is 6.39. The molecule has 124 valence electrons. The molecule has 1 aromatic carbocycles. The van der Waals surface area contributed by atoms with Crippen LogP contribution >= 0.6 is 0 Å². The maximum atomic E-state index is 4.68. The lowest BCUT2D eigenvalue weighted by Gasteiger charge is -2.18. The van der Waals surface area contributed by atoms with Gasteiger partial charge in [0.05, 0.1) is 5.69 Å². The average molecular weight is 329 g/mol. The van der Waals surface area contributed by atoms with E-state index in [2.05, 4.69) is 45.2 Å². The van der Waals surface area contributed by atoms with Gasteiger partial charge in [0.15, 0.2) is 5.82 Å². The number of hydrogen-bond acceptors (Lipinski definition) is 4. The molecule has 0 unspecified atom stereocenters. The highest BCUT2D eigenvalue weighted by Gasteiger charge is 2.12. The summed E-state index contributed by atoms with van der Waals surface area (Å²) in [6, 6.07) is 18.3. The third-order valence-corrected chi connectivity index (χ3v) is 4.23. The van der Waals surface area contributed by atoms with Crippen LogP contribution in [-0.2, 0) is 6.42 Å². The minimum Gasteiger partial charge on any atom is -0.358 e. The number of anilines is 1. The summed E-state index contributed by atoms with van der Waals surface area (Å²) in [7, 11) is 2.06. The van der Waals surface area contributed by atoms with Crippen LogP contribution in [0.1, 0.15) is 5.69 Å². The first-order valence-corrected chi connectivity index (χ1v) is 8.32. The second kappa shape index (κ2) is 6.73. The Labute approximate surface area is 146 Å². The number of hydrogen-bond donors (Lipinski definition) is 0. The van der Waals surface area contributed by atoms with Crippen molar-refractivity contribution in [1.82, 2.24) is 19.6 Å². The van der Waals surface area contributed by atoms with E-state index in [-0.39, 0.29) is 0 Å². The first-order chi connectivity index (χ1) is 12.3. The highest BCUT2D eigenvalue weighted by atomic mass is 15.3. The molecule has 0 aliphatic carbocycles. The number of likely N-dealkylation sites (N-methyl/N-ethyl adjacent to an activating group) is 1. The highest BCUT2D eigenvalue weighted by Crippen LogP contribution is 2.24. The lowest BCUT2D eigenvalue weighted by molar-refractivity contribution is 0.833. The van der Waals surface area contributed by atoms with Crippen molar-refractivity contribution in [2.24, 2.45) is 0 Å². The third-order valence-electron chi connectivity index (χ3n) is 4.23. The molecule has 0 saturated carbocycles. The molecule has 0 bridgehead atoms. The molecule has 4 rings (SSSR count). The molecule has 0 N–H and O–H groups in total. The Bertz CT molecular complexity index is 963. The van der Waals surface area contributed by atoms with Crippen LogP contribution in [0.5, 0.6) is 0 Å². The zero-order valence-electron chi connectivity index (χ0n) is 14.1. The van der Waals surface area contributed by atoms with E-state index < -0.39 is 0 Å². The van der Waals surface area contributed by atoms with E-state index in [4.69, 9.17) is 0 Å². The molecule has 0 radical (unpaired) electrons.